The van der Waals surface area contributed by atoms with E-state index in [0.29, 0.717) is 28.0 Å². The van der Waals surface area contributed by atoms with E-state index in [9.17, 15) is 18.8 Å². The molecule has 0 spiro atoms. The predicted octanol–water partition coefficient (Wildman–Crippen LogP) is 5.40. The first-order valence-corrected chi connectivity index (χ1v) is 14.3. The number of aromatic nitrogens is 1. The average molecular weight is 611 g/mol. The second kappa shape index (κ2) is 12.5. The molecule has 11 heteroatoms. The predicted molar refractivity (Wildman–Crippen MR) is 166 cm³/mol. The number of piperazine rings is 1. The molecule has 218 valence electrons. The van der Waals surface area contributed by atoms with Crippen LogP contribution in [0, 0.1) is 5.82 Å². The Labute approximate surface area is 252 Å². The molecule has 0 saturated carbocycles. The van der Waals surface area contributed by atoms with Crippen LogP contribution < -0.4 is 21.0 Å². The molecule has 1 aliphatic heterocycles. The number of carbonyl (C=O) groups excluding carboxylic acids is 2. The smallest absolute Gasteiger partial charge is 0.261 e. The normalized spacial score (nSPS) is 13.8. The molecule has 1 saturated heterocycles. The minimum absolute atomic E-state index is 0.0366. The summed E-state index contributed by atoms with van der Waals surface area (Å²) in [5.74, 6) is -1.61. The SMILES string of the molecule is CCn1cc(C(=O)Nc2ccc(Cl)c(C(=O)NCc3ccccc3F)c2)c(=O)c2cc(Cl)c(N3CCN(C)CC3)cc21. The quantitative estimate of drug-likeness (QED) is 0.293. The Morgan fingerprint density at radius 2 is 1.67 bits per heavy atom. The van der Waals surface area contributed by atoms with Gasteiger partial charge >= 0.3 is 0 Å². The lowest BCUT2D eigenvalue weighted by molar-refractivity contribution is 0.0949. The van der Waals surface area contributed by atoms with E-state index in [0.717, 1.165) is 31.9 Å². The van der Waals surface area contributed by atoms with E-state index >= 15 is 0 Å². The van der Waals surface area contributed by atoms with E-state index in [1.807, 2.05) is 17.6 Å². The average Bonchev–Trinajstić information content (AvgIpc) is 2.98. The zero-order valence-electron chi connectivity index (χ0n) is 23.2. The molecule has 1 fully saturated rings. The van der Waals surface area contributed by atoms with E-state index in [-0.39, 0.29) is 28.4 Å². The number of aryl methyl sites for hydroxylation is 1. The Kier molecular flexibility index (Phi) is 8.82. The third kappa shape index (κ3) is 6.13. The summed E-state index contributed by atoms with van der Waals surface area (Å²) in [5.41, 5.74) is 1.73. The van der Waals surface area contributed by atoms with E-state index < -0.39 is 23.1 Å². The number of anilines is 2. The number of likely N-dealkylation sites (N-methyl/N-ethyl adjacent to an activating group) is 1. The van der Waals surface area contributed by atoms with Crippen molar-refractivity contribution in [2.75, 3.05) is 43.4 Å². The molecule has 0 radical (unpaired) electrons. The highest BCUT2D eigenvalue weighted by Gasteiger charge is 2.22. The molecule has 42 heavy (non-hydrogen) atoms. The number of hydrogen-bond donors (Lipinski definition) is 2. The Morgan fingerprint density at radius 1 is 0.929 bits per heavy atom. The molecule has 8 nitrogen and oxygen atoms in total. The molecular formula is C31H30Cl2FN5O3. The maximum atomic E-state index is 14.0. The maximum Gasteiger partial charge on any atom is 0.261 e. The van der Waals surface area contributed by atoms with Gasteiger partial charge in [-0.3, -0.25) is 14.4 Å². The fraction of sp³-hybridized carbons (Fsp3) is 0.258. The van der Waals surface area contributed by atoms with Crippen LogP contribution in [0.3, 0.4) is 0 Å². The molecule has 2 N–H and O–H groups in total. The topological polar surface area (TPSA) is 86.7 Å². The highest BCUT2D eigenvalue weighted by atomic mass is 35.5. The molecule has 0 aliphatic carbocycles. The lowest BCUT2D eigenvalue weighted by Crippen LogP contribution is -2.44. The summed E-state index contributed by atoms with van der Waals surface area (Å²) in [6.45, 7) is 5.88. The number of halogens is 3. The van der Waals surface area contributed by atoms with Crippen LogP contribution in [0.2, 0.25) is 10.0 Å². The minimum Gasteiger partial charge on any atom is -0.368 e. The Balaban J connectivity index is 1.40. The number of hydrogen-bond acceptors (Lipinski definition) is 5. The van der Waals surface area contributed by atoms with Crippen molar-refractivity contribution in [3.63, 3.8) is 0 Å². The third-order valence-corrected chi connectivity index (χ3v) is 8.08. The van der Waals surface area contributed by atoms with Gasteiger partial charge in [0.15, 0.2) is 0 Å². The van der Waals surface area contributed by atoms with Gasteiger partial charge in [-0.25, -0.2) is 4.39 Å². The molecule has 0 unspecified atom stereocenters. The zero-order valence-corrected chi connectivity index (χ0v) is 24.7. The molecule has 1 aromatic heterocycles. The Morgan fingerprint density at radius 3 is 2.38 bits per heavy atom. The lowest BCUT2D eigenvalue weighted by Gasteiger charge is -2.34. The van der Waals surface area contributed by atoms with Gasteiger partial charge in [0.25, 0.3) is 11.8 Å². The fourth-order valence-electron chi connectivity index (χ4n) is 5.00. The van der Waals surface area contributed by atoms with Crippen LogP contribution >= 0.6 is 23.2 Å². The van der Waals surface area contributed by atoms with E-state index in [1.165, 1.54) is 24.3 Å². The maximum absolute atomic E-state index is 14.0. The van der Waals surface area contributed by atoms with Crippen LogP contribution in [-0.2, 0) is 13.1 Å². The summed E-state index contributed by atoms with van der Waals surface area (Å²) in [4.78, 5) is 44.1. The number of fused-ring (bicyclic) bond motifs is 1. The van der Waals surface area contributed by atoms with Gasteiger partial charge in [-0.2, -0.15) is 0 Å². The van der Waals surface area contributed by atoms with Crippen molar-refractivity contribution in [3.8, 4) is 0 Å². The van der Waals surface area contributed by atoms with Crippen molar-refractivity contribution in [1.29, 1.82) is 0 Å². The van der Waals surface area contributed by atoms with Crippen LogP contribution in [0.4, 0.5) is 15.8 Å². The highest BCUT2D eigenvalue weighted by molar-refractivity contribution is 6.34. The van der Waals surface area contributed by atoms with Crippen LogP contribution in [-0.4, -0.2) is 54.5 Å². The van der Waals surface area contributed by atoms with Crippen LogP contribution in [0.1, 0.15) is 33.2 Å². The number of pyridine rings is 1. The molecule has 4 aromatic rings. The molecule has 0 atom stereocenters. The molecule has 3 aromatic carbocycles. The third-order valence-electron chi connectivity index (χ3n) is 7.44. The number of rotatable bonds is 7. The molecule has 5 rings (SSSR count). The van der Waals surface area contributed by atoms with Crippen molar-refractivity contribution < 1.29 is 14.0 Å². The van der Waals surface area contributed by atoms with Gasteiger partial charge in [-0.05, 0) is 50.4 Å². The van der Waals surface area contributed by atoms with Gasteiger partial charge in [0.2, 0.25) is 5.43 Å². The summed E-state index contributed by atoms with van der Waals surface area (Å²) >= 11 is 12.9. The van der Waals surface area contributed by atoms with Crippen molar-refractivity contribution in [1.82, 2.24) is 14.8 Å². The molecular weight excluding hydrogens is 580 g/mol. The first kappa shape index (κ1) is 29.6. The van der Waals surface area contributed by atoms with Gasteiger partial charge in [0.1, 0.15) is 11.4 Å². The first-order chi connectivity index (χ1) is 20.2. The van der Waals surface area contributed by atoms with Gasteiger partial charge in [0, 0.05) is 62.1 Å². The van der Waals surface area contributed by atoms with Gasteiger partial charge in [-0.1, -0.05) is 41.4 Å². The van der Waals surface area contributed by atoms with Crippen molar-refractivity contribution in [2.45, 2.75) is 20.0 Å². The molecule has 2 heterocycles. The number of carbonyl (C=O) groups is 2. The van der Waals surface area contributed by atoms with E-state index in [2.05, 4.69) is 27.5 Å². The second-order valence-electron chi connectivity index (χ2n) is 10.2. The highest BCUT2D eigenvalue weighted by Crippen LogP contribution is 2.31. The molecule has 0 bridgehead atoms. The number of nitrogens with zero attached hydrogens (tertiary/aromatic N) is 3. The fourth-order valence-corrected chi connectivity index (χ4v) is 5.49. The number of benzene rings is 3. The van der Waals surface area contributed by atoms with Gasteiger partial charge < -0.3 is 25.0 Å². The zero-order chi connectivity index (χ0) is 30.0. The Bertz CT molecular complexity index is 1730. The monoisotopic (exact) mass is 609 g/mol. The van der Waals surface area contributed by atoms with Crippen molar-refractivity contribution in [2.24, 2.45) is 0 Å². The first-order valence-electron chi connectivity index (χ1n) is 13.6. The summed E-state index contributed by atoms with van der Waals surface area (Å²) in [5, 5.41) is 6.30. The summed E-state index contributed by atoms with van der Waals surface area (Å²) < 4.78 is 15.8. The van der Waals surface area contributed by atoms with Crippen LogP contribution in [0.15, 0.2) is 65.6 Å². The van der Waals surface area contributed by atoms with E-state index in [4.69, 9.17) is 23.2 Å². The number of nitrogens with one attached hydrogen (secondary N) is 2. The van der Waals surface area contributed by atoms with Gasteiger partial charge in [-0.15, -0.1) is 0 Å². The summed E-state index contributed by atoms with van der Waals surface area (Å²) in [6, 6.07) is 14.1. The molecule has 1 aliphatic rings. The van der Waals surface area contributed by atoms with E-state index in [1.54, 1.807) is 30.5 Å². The van der Waals surface area contributed by atoms with Crippen LogP contribution in [0.5, 0.6) is 0 Å². The van der Waals surface area contributed by atoms with Crippen LogP contribution in [0.25, 0.3) is 10.9 Å². The largest absolute Gasteiger partial charge is 0.368 e. The summed E-state index contributed by atoms with van der Waals surface area (Å²) in [6.07, 6.45) is 1.54. The lowest BCUT2D eigenvalue weighted by atomic mass is 10.1. The molecule has 2 amide bonds. The number of amides is 2. The minimum atomic E-state index is -0.636. The van der Waals surface area contributed by atoms with Crippen molar-refractivity contribution >= 4 is 57.3 Å². The Hall–Kier alpha value is -3.92. The standard InChI is InChI=1S/C31H30Cl2FN5O3/c1-3-38-18-23(29(40)22-15-25(33)28(16-27(22)38)39-12-10-37(2)11-13-39)31(42)36-20-8-9-24(32)21(14-20)30(41)35-17-19-6-4-5-7-26(19)34/h4-9,14-16,18H,3,10-13,17H2,1-2H3,(H,35,41)(H,36,42). The van der Waals surface area contributed by atoms with Gasteiger partial charge in [0.05, 0.1) is 26.8 Å². The summed E-state index contributed by atoms with van der Waals surface area (Å²) in [7, 11) is 2.08. The second-order valence-corrected chi connectivity index (χ2v) is 11.0. The van der Waals surface area contributed by atoms with Crippen molar-refractivity contribution in [3.05, 3.63) is 104 Å².